The van der Waals surface area contributed by atoms with Gasteiger partial charge in [-0.3, -0.25) is 4.79 Å². The highest BCUT2D eigenvalue weighted by atomic mass is 19.1. The number of hydrogen-bond acceptors (Lipinski definition) is 1. The van der Waals surface area contributed by atoms with Crippen LogP contribution in [0.1, 0.15) is 16.1 Å². The number of aromatic nitrogens is 1. The molecule has 0 spiro atoms. The van der Waals surface area contributed by atoms with Crippen LogP contribution in [0.5, 0.6) is 0 Å². The molecule has 1 heterocycles. The molecule has 0 saturated heterocycles. The van der Waals surface area contributed by atoms with Gasteiger partial charge in [0.2, 0.25) is 0 Å². The highest BCUT2D eigenvalue weighted by molar-refractivity contribution is 5.88. The molecule has 0 unspecified atom stereocenters. The maximum atomic E-state index is 13.1. The number of aldehydes is 1. The molecule has 2 nitrogen and oxygen atoms in total. The van der Waals surface area contributed by atoms with E-state index in [1.807, 2.05) is 13.0 Å². The quantitative estimate of drug-likeness (QED) is 0.666. The number of hydrogen-bond donors (Lipinski definition) is 1. The third kappa shape index (κ3) is 1.22. The Kier molecular flexibility index (Phi) is 1.65. The van der Waals surface area contributed by atoms with Gasteiger partial charge in [0.05, 0.1) is 5.56 Å². The maximum Gasteiger partial charge on any atom is 0.153 e. The number of aromatic amines is 1. The number of H-pyrrole nitrogens is 1. The molecule has 0 atom stereocenters. The van der Waals surface area contributed by atoms with E-state index in [9.17, 15) is 9.18 Å². The van der Waals surface area contributed by atoms with Gasteiger partial charge in [-0.15, -0.1) is 0 Å². The largest absolute Gasteiger partial charge is 0.359 e. The van der Waals surface area contributed by atoms with Crippen LogP contribution in [0.2, 0.25) is 0 Å². The molecule has 0 aliphatic heterocycles. The molecule has 2 aromatic rings. The smallest absolute Gasteiger partial charge is 0.153 e. The number of halogens is 1. The van der Waals surface area contributed by atoms with Crippen molar-refractivity contribution in [3.05, 3.63) is 35.3 Å². The Balaban J connectivity index is 2.79. The normalized spacial score (nSPS) is 10.6. The van der Waals surface area contributed by atoms with Crippen molar-refractivity contribution in [1.29, 1.82) is 0 Å². The predicted octanol–water partition coefficient (Wildman–Crippen LogP) is 2.43. The average molecular weight is 177 g/mol. The first kappa shape index (κ1) is 7.98. The molecule has 1 aromatic carbocycles. The molecular weight excluding hydrogens is 169 g/mol. The first-order valence-electron chi connectivity index (χ1n) is 3.95. The zero-order chi connectivity index (χ0) is 9.42. The van der Waals surface area contributed by atoms with E-state index in [0.717, 1.165) is 16.6 Å². The predicted molar refractivity (Wildman–Crippen MR) is 48.4 cm³/mol. The summed E-state index contributed by atoms with van der Waals surface area (Å²) in [5.41, 5.74) is 1.78. The standard InChI is InChI=1S/C10H8FNO/c1-6-2-7-3-8(5-13)9(11)4-10(7)12-6/h2-5,12H,1H3. The lowest BCUT2D eigenvalue weighted by molar-refractivity contribution is 0.112. The maximum absolute atomic E-state index is 13.1. The molecule has 13 heavy (non-hydrogen) atoms. The number of benzene rings is 1. The second-order valence-corrected chi connectivity index (χ2v) is 3.03. The van der Waals surface area contributed by atoms with Crippen LogP contribution >= 0.6 is 0 Å². The van der Waals surface area contributed by atoms with Gasteiger partial charge in [-0.2, -0.15) is 0 Å². The van der Waals surface area contributed by atoms with Gasteiger partial charge >= 0.3 is 0 Å². The molecule has 1 N–H and O–H groups in total. The molecular formula is C10H8FNO. The molecule has 0 saturated carbocycles. The van der Waals surface area contributed by atoms with E-state index < -0.39 is 5.82 Å². The first-order chi connectivity index (χ1) is 6.20. The highest BCUT2D eigenvalue weighted by Crippen LogP contribution is 2.18. The first-order valence-corrected chi connectivity index (χ1v) is 3.95. The van der Waals surface area contributed by atoms with E-state index >= 15 is 0 Å². The summed E-state index contributed by atoms with van der Waals surface area (Å²) in [6.07, 6.45) is 0.525. The second-order valence-electron chi connectivity index (χ2n) is 3.03. The van der Waals surface area contributed by atoms with Crippen molar-refractivity contribution in [2.45, 2.75) is 6.92 Å². The Morgan fingerprint density at radius 1 is 1.38 bits per heavy atom. The molecule has 0 amide bonds. The molecule has 0 aliphatic carbocycles. The van der Waals surface area contributed by atoms with Crippen LogP contribution < -0.4 is 0 Å². The Bertz CT molecular complexity index is 473. The van der Waals surface area contributed by atoms with Crippen LogP contribution in [-0.2, 0) is 0 Å². The van der Waals surface area contributed by atoms with Crippen molar-refractivity contribution < 1.29 is 9.18 Å². The zero-order valence-corrected chi connectivity index (χ0v) is 7.10. The van der Waals surface area contributed by atoms with E-state index in [1.54, 1.807) is 6.07 Å². The Labute approximate surface area is 74.4 Å². The van der Waals surface area contributed by atoms with Gasteiger partial charge in [0.15, 0.2) is 6.29 Å². The SMILES string of the molecule is Cc1cc2cc(C=O)c(F)cc2[nH]1. The second kappa shape index (κ2) is 2.69. The van der Waals surface area contributed by atoms with E-state index in [-0.39, 0.29) is 5.56 Å². The summed E-state index contributed by atoms with van der Waals surface area (Å²) in [7, 11) is 0. The summed E-state index contributed by atoms with van der Waals surface area (Å²) >= 11 is 0. The molecule has 66 valence electrons. The number of rotatable bonds is 1. The van der Waals surface area contributed by atoms with Crippen molar-refractivity contribution in [3.8, 4) is 0 Å². The van der Waals surface area contributed by atoms with Crippen molar-refractivity contribution in [1.82, 2.24) is 4.98 Å². The van der Waals surface area contributed by atoms with E-state index in [4.69, 9.17) is 0 Å². The van der Waals surface area contributed by atoms with Crippen LogP contribution in [0.25, 0.3) is 10.9 Å². The van der Waals surface area contributed by atoms with Gasteiger partial charge in [-0.1, -0.05) is 0 Å². The average Bonchev–Trinajstić information content (AvgIpc) is 2.42. The summed E-state index contributed by atoms with van der Waals surface area (Å²) < 4.78 is 13.1. The van der Waals surface area contributed by atoms with E-state index in [1.165, 1.54) is 6.07 Å². The van der Waals surface area contributed by atoms with Crippen LogP contribution in [0, 0.1) is 12.7 Å². The topological polar surface area (TPSA) is 32.9 Å². The van der Waals surface area contributed by atoms with Crippen LogP contribution in [0.4, 0.5) is 4.39 Å². The molecule has 0 fully saturated rings. The summed E-state index contributed by atoms with van der Waals surface area (Å²) in [4.78, 5) is 13.4. The summed E-state index contributed by atoms with van der Waals surface area (Å²) in [5.74, 6) is -0.482. The summed E-state index contributed by atoms with van der Waals surface area (Å²) in [6, 6.07) is 4.76. The zero-order valence-electron chi connectivity index (χ0n) is 7.10. The van der Waals surface area contributed by atoms with Crippen molar-refractivity contribution in [3.63, 3.8) is 0 Å². The van der Waals surface area contributed by atoms with E-state index in [2.05, 4.69) is 4.98 Å². The van der Waals surface area contributed by atoms with Gasteiger partial charge in [0.25, 0.3) is 0 Å². The minimum Gasteiger partial charge on any atom is -0.359 e. The Hall–Kier alpha value is -1.64. The molecule has 2 rings (SSSR count). The third-order valence-corrected chi connectivity index (χ3v) is 2.00. The lowest BCUT2D eigenvalue weighted by Crippen LogP contribution is -1.86. The van der Waals surface area contributed by atoms with Crippen molar-refractivity contribution in [2.75, 3.05) is 0 Å². The lowest BCUT2D eigenvalue weighted by atomic mass is 10.1. The van der Waals surface area contributed by atoms with Gasteiger partial charge in [0, 0.05) is 16.6 Å². The van der Waals surface area contributed by atoms with Crippen LogP contribution in [0.15, 0.2) is 18.2 Å². The number of fused-ring (bicyclic) bond motifs is 1. The highest BCUT2D eigenvalue weighted by Gasteiger charge is 2.04. The van der Waals surface area contributed by atoms with Crippen LogP contribution in [0.3, 0.4) is 0 Å². The molecule has 1 aromatic heterocycles. The lowest BCUT2D eigenvalue weighted by Gasteiger charge is -1.94. The Morgan fingerprint density at radius 2 is 2.15 bits per heavy atom. The molecule has 0 bridgehead atoms. The summed E-state index contributed by atoms with van der Waals surface area (Å²) in [5, 5.41) is 0.862. The molecule has 0 aliphatic rings. The van der Waals surface area contributed by atoms with Gasteiger partial charge in [0.1, 0.15) is 5.82 Å². The fourth-order valence-corrected chi connectivity index (χ4v) is 1.41. The van der Waals surface area contributed by atoms with E-state index in [0.29, 0.717) is 6.29 Å². The number of carbonyl (C=O) groups is 1. The minimum atomic E-state index is -0.482. The van der Waals surface area contributed by atoms with Crippen LogP contribution in [-0.4, -0.2) is 11.3 Å². The fourth-order valence-electron chi connectivity index (χ4n) is 1.41. The van der Waals surface area contributed by atoms with Crippen molar-refractivity contribution in [2.24, 2.45) is 0 Å². The molecule has 0 radical (unpaired) electrons. The van der Waals surface area contributed by atoms with Gasteiger partial charge < -0.3 is 4.98 Å². The number of aryl methyl sites for hydroxylation is 1. The van der Waals surface area contributed by atoms with Gasteiger partial charge in [-0.25, -0.2) is 4.39 Å². The number of nitrogens with one attached hydrogen (secondary N) is 1. The minimum absolute atomic E-state index is 0.103. The number of carbonyl (C=O) groups excluding carboxylic acids is 1. The monoisotopic (exact) mass is 177 g/mol. The Morgan fingerprint density at radius 3 is 2.85 bits per heavy atom. The molecule has 3 heteroatoms. The third-order valence-electron chi connectivity index (χ3n) is 2.00. The fraction of sp³-hybridized carbons (Fsp3) is 0.100. The van der Waals surface area contributed by atoms with Crippen molar-refractivity contribution >= 4 is 17.2 Å². The van der Waals surface area contributed by atoms with Gasteiger partial charge in [-0.05, 0) is 25.1 Å². The summed E-state index contributed by atoms with van der Waals surface area (Å²) in [6.45, 7) is 1.89.